The molecule has 8 heteroatoms. The fraction of sp³-hybridized carbons (Fsp3) is 0.381. The van der Waals surface area contributed by atoms with Crippen molar-refractivity contribution < 1.29 is 22.3 Å². The molecular weight excluding hydrogens is 395 g/mol. The van der Waals surface area contributed by atoms with Gasteiger partial charge in [-0.2, -0.15) is 4.31 Å². The normalized spacial score (nSPS) is 18.9. The molecule has 0 radical (unpaired) electrons. The van der Waals surface area contributed by atoms with E-state index in [0.29, 0.717) is 19.8 Å². The molecule has 0 unspecified atom stereocenters. The van der Waals surface area contributed by atoms with E-state index in [2.05, 4.69) is 5.32 Å². The van der Waals surface area contributed by atoms with E-state index in [1.165, 1.54) is 10.4 Å². The monoisotopic (exact) mass is 418 g/mol. The molecule has 1 heterocycles. The van der Waals surface area contributed by atoms with Gasteiger partial charge in [0.05, 0.1) is 23.7 Å². The van der Waals surface area contributed by atoms with Crippen LogP contribution in [0.1, 0.15) is 28.8 Å². The summed E-state index contributed by atoms with van der Waals surface area (Å²) < 4.78 is 46.4. The summed E-state index contributed by atoms with van der Waals surface area (Å²) in [7, 11) is -3.80. The van der Waals surface area contributed by atoms with Crippen molar-refractivity contribution in [2.75, 3.05) is 32.8 Å². The van der Waals surface area contributed by atoms with Crippen molar-refractivity contribution in [2.24, 2.45) is 0 Å². The Hall–Kier alpha value is -2.29. The van der Waals surface area contributed by atoms with Crippen molar-refractivity contribution in [1.29, 1.82) is 0 Å². The fourth-order valence-corrected chi connectivity index (χ4v) is 5.06. The summed E-state index contributed by atoms with van der Waals surface area (Å²) in [6.45, 7) is 1.49. The van der Waals surface area contributed by atoms with E-state index in [1.807, 2.05) is 30.3 Å². The topological polar surface area (TPSA) is 75.7 Å². The second-order valence-corrected chi connectivity index (χ2v) is 9.43. The highest BCUT2D eigenvalue weighted by Gasteiger charge is 2.44. The van der Waals surface area contributed by atoms with Gasteiger partial charge in [-0.25, -0.2) is 12.8 Å². The molecule has 29 heavy (non-hydrogen) atoms. The third kappa shape index (κ3) is 4.05. The number of rotatable bonds is 6. The molecule has 2 aromatic carbocycles. The number of amides is 1. The van der Waals surface area contributed by atoms with Crippen LogP contribution in [0, 0.1) is 5.82 Å². The van der Waals surface area contributed by atoms with Crippen LogP contribution in [0.3, 0.4) is 0 Å². The molecule has 1 N–H and O–H groups in total. The van der Waals surface area contributed by atoms with E-state index in [9.17, 15) is 17.6 Å². The number of carbonyl (C=O) groups is 1. The quantitative estimate of drug-likeness (QED) is 0.781. The number of nitrogens with zero attached hydrogens (tertiary/aromatic N) is 1. The van der Waals surface area contributed by atoms with Crippen LogP contribution in [0.2, 0.25) is 0 Å². The minimum atomic E-state index is -3.80. The number of halogens is 1. The lowest BCUT2D eigenvalue weighted by atomic mass is 9.96. The van der Waals surface area contributed by atoms with Crippen molar-refractivity contribution in [1.82, 2.24) is 9.62 Å². The Morgan fingerprint density at radius 2 is 1.79 bits per heavy atom. The van der Waals surface area contributed by atoms with Crippen molar-refractivity contribution in [2.45, 2.75) is 23.2 Å². The third-order valence-electron chi connectivity index (χ3n) is 5.62. The molecule has 1 saturated heterocycles. The predicted octanol–water partition coefficient (Wildman–Crippen LogP) is 2.31. The fourth-order valence-electron chi connectivity index (χ4n) is 3.63. The Balaban J connectivity index is 1.51. The number of benzene rings is 2. The van der Waals surface area contributed by atoms with E-state index >= 15 is 0 Å². The number of sulfonamides is 1. The molecule has 0 atom stereocenters. The van der Waals surface area contributed by atoms with Gasteiger partial charge in [0.2, 0.25) is 10.0 Å². The summed E-state index contributed by atoms with van der Waals surface area (Å²) in [5.41, 5.74) is 0.762. The first-order chi connectivity index (χ1) is 13.9. The standard InChI is InChI=1S/C21H23FN2O4S/c22-19-7-6-17(29(26,27)24-10-12-28-13-11-24)14-18(19)20(25)23-15-21(8-9-21)16-4-2-1-3-5-16/h1-7,14H,8-13,15H2,(H,23,25). The van der Waals surface area contributed by atoms with Crippen LogP contribution >= 0.6 is 0 Å². The minimum absolute atomic E-state index is 0.0878. The number of hydrogen-bond donors (Lipinski definition) is 1. The van der Waals surface area contributed by atoms with E-state index < -0.39 is 21.7 Å². The number of carbonyl (C=O) groups excluding carboxylic acids is 1. The summed E-state index contributed by atoms with van der Waals surface area (Å²) in [5, 5.41) is 2.79. The first-order valence-electron chi connectivity index (χ1n) is 9.64. The van der Waals surface area contributed by atoms with Gasteiger partial charge in [0.1, 0.15) is 5.82 Å². The SMILES string of the molecule is O=C(NCC1(c2ccccc2)CC1)c1cc(S(=O)(=O)N2CCOCC2)ccc1F. The molecule has 2 aliphatic rings. The van der Waals surface area contributed by atoms with Crippen molar-refractivity contribution >= 4 is 15.9 Å². The van der Waals surface area contributed by atoms with Gasteiger partial charge in [-0.3, -0.25) is 4.79 Å². The molecule has 1 amide bonds. The zero-order valence-electron chi connectivity index (χ0n) is 15.9. The van der Waals surface area contributed by atoms with Gasteiger partial charge < -0.3 is 10.1 Å². The van der Waals surface area contributed by atoms with E-state index in [0.717, 1.165) is 30.5 Å². The predicted molar refractivity (Wildman–Crippen MR) is 106 cm³/mol. The van der Waals surface area contributed by atoms with Gasteiger partial charge in [-0.15, -0.1) is 0 Å². The van der Waals surface area contributed by atoms with Gasteiger partial charge in [0.25, 0.3) is 5.91 Å². The highest BCUT2D eigenvalue weighted by molar-refractivity contribution is 7.89. The van der Waals surface area contributed by atoms with E-state index in [-0.39, 0.29) is 29.0 Å². The second kappa shape index (κ2) is 7.85. The average Bonchev–Trinajstić information content (AvgIpc) is 3.55. The molecule has 0 spiro atoms. The number of ether oxygens (including phenoxy) is 1. The van der Waals surface area contributed by atoms with Crippen LogP contribution in [0.25, 0.3) is 0 Å². The van der Waals surface area contributed by atoms with Crippen molar-refractivity contribution in [3.05, 3.63) is 65.5 Å². The molecule has 6 nitrogen and oxygen atoms in total. The Morgan fingerprint density at radius 1 is 1.10 bits per heavy atom. The molecule has 1 aliphatic carbocycles. The largest absolute Gasteiger partial charge is 0.379 e. The Bertz CT molecular complexity index is 1000. The second-order valence-electron chi connectivity index (χ2n) is 7.49. The highest BCUT2D eigenvalue weighted by Crippen LogP contribution is 2.47. The number of morpholine rings is 1. The van der Waals surface area contributed by atoms with Crippen LogP contribution in [-0.2, 0) is 20.2 Å². The van der Waals surface area contributed by atoms with Gasteiger partial charge >= 0.3 is 0 Å². The van der Waals surface area contributed by atoms with Crippen LogP contribution in [0.15, 0.2) is 53.4 Å². The van der Waals surface area contributed by atoms with Gasteiger partial charge in [0, 0.05) is 25.0 Å². The van der Waals surface area contributed by atoms with Crippen LogP contribution in [0.5, 0.6) is 0 Å². The lowest BCUT2D eigenvalue weighted by Crippen LogP contribution is -2.40. The molecule has 2 fully saturated rings. The van der Waals surface area contributed by atoms with Gasteiger partial charge in [-0.05, 0) is 36.6 Å². The molecule has 4 rings (SSSR count). The van der Waals surface area contributed by atoms with Gasteiger partial charge in [0.15, 0.2) is 0 Å². The van der Waals surface area contributed by atoms with Crippen molar-refractivity contribution in [3.8, 4) is 0 Å². The van der Waals surface area contributed by atoms with Crippen molar-refractivity contribution in [3.63, 3.8) is 0 Å². The summed E-state index contributed by atoms with van der Waals surface area (Å²) in [4.78, 5) is 12.6. The lowest BCUT2D eigenvalue weighted by molar-refractivity contribution is 0.0730. The third-order valence-corrected chi connectivity index (χ3v) is 7.51. The molecule has 154 valence electrons. The van der Waals surface area contributed by atoms with Crippen LogP contribution < -0.4 is 5.32 Å². The summed E-state index contributed by atoms with van der Waals surface area (Å²) >= 11 is 0. The number of nitrogens with one attached hydrogen (secondary N) is 1. The highest BCUT2D eigenvalue weighted by atomic mass is 32.2. The molecule has 0 aromatic heterocycles. The minimum Gasteiger partial charge on any atom is -0.379 e. The molecule has 1 saturated carbocycles. The summed E-state index contributed by atoms with van der Waals surface area (Å²) in [5.74, 6) is -1.35. The maximum atomic E-state index is 14.3. The average molecular weight is 418 g/mol. The first-order valence-corrected chi connectivity index (χ1v) is 11.1. The Labute approximate surface area is 169 Å². The van der Waals surface area contributed by atoms with Crippen LogP contribution in [-0.4, -0.2) is 51.5 Å². The Morgan fingerprint density at radius 3 is 2.45 bits per heavy atom. The molecule has 1 aliphatic heterocycles. The molecule has 0 bridgehead atoms. The maximum Gasteiger partial charge on any atom is 0.254 e. The smallest absolute Gasteiger partial charge is 0.254 e. The first kappa shape index (κ1) is 20.0. The summed E-state index contributed by atoms with van der Waals surface area (Å²) in [6, 6.07) is 13.2. The Kier molecular flexibility index (Phi) is 5.42. The van der Waals surface area contributed by atoms with Crippen LogP contribution in [0.4, 0.5) is 4.39 Å². The van der Waals surface area contributed by atoms with E-state index in [1.54, 1.807) is 0 Å². The maximum absolute atomic E-state index is 14.3. The van der Waals surface area contributed by atoms with E-state index in [4.69, 9.17) is 4.74 Å². The number of hydrogen-bond acceptors (Lipinski definition) is 4. The summed E-state index contributed by atoms with van der Waals surface area (Å²) in [6.07, 6.45) is 1.90. The zero-order valence-corrected chi connectivity index (χ0v) is 16.8. The molecular formula is C21H23FN2O4S. The molecule has 2 aromatic rings. The lowest BCUT2D eigenvalue weighted by Gasteiger charge is -2.26. The van der Waals surface area contributed by atoms with Gasteiger partial charge in [-0.1, -0.05) is 30.3 Å². The zero-order chi connectivity index (χ0) is 20.5.